The van der Waals surface area contributed by atoms with E-state index in [2.05, 4.69) is 20.6 Å². The number of aromatic nitrogens is 2. The van der Waals surface area contributed by atoms with Crippen LogP contribution in [-0.4, -0.2) is 30.2 Å². The van der Waals surface area contributed by atoms with Crippen molar-refractivity contribution < 1.29 is 17.9 Å². The van der Waals surface area contributed by atoms with Crippen LogP contribution in [0.15, 0.2) is 30.3 Å². The number of nitrogen functional groups attached to an aromatic ring is 1. The first kappa shape index (κ1) is 21.6. The number of rotatable bonds is 8. The van der Waals surface area contributed by atoms with E-state index in [9.17, 15) is 13.2 Å². The Morgan fingerprint density at radius 1 is 1.13 bits per heavy atom. The molecular weight excluding hydrogens is 395 g/mol. The van der Waals surface area contributed by atoms with Crippen LogP contribution < -0.4 is 16.4 Å². The highest BCUT2D eigenvalue weighted by Gasteiger charge is 2.21. The molecule has 0 aliphatic rings. The average Bonchev–Trinajstić information content (AvgIpc) is 2.69. The third-order valence-electron chi connectivity index (χ3n) is 4.65. The van der Waals surface area contributed by atoms with Gasteiger partial charge in [-0.2, -0.15) is 0 Å². The number of aryl methyl sites for hydroxylation is 1. The van der Waals surface area contributed by atoms with Crippen LogP contribution in [0, 0.1) is 12.7 Å². The fraction of sp³-hybridized carbons (Fsp3) is 0.333. The van der Waals surface area contributed by atoms with Gasteiger partial charge in [-0.1, -0.05) is 0 Å². The van der Waals surface area contributed by atoms with Gasteiger partial charge in [-0.15, -0.1) is 0 Å². The molecular formula is C21H24F3N5O. The molecule has 0 saturated carbocycles. The molecule has 3 rings (SSSR count). The minimum absolute atomic E-state index is 0.0455. The lowest BCUT2D eigenvalue weighted by molar-refractivity contribution is 0.146. The molecule has 0 saturated heterocycles. The number of anilines is 3. The fourth-order valence-electron chi connectivity index (χ4n) is 3.21. The average molecular weight is 419 g/mol. The summed E-state index contributed by atoms with van der Waals surface area (Å²) < 4.78 is 46.0. The zero-order valence-electron chi connectivity index (χ0n) is 17.0. The first-order chi connectivity index (χ1) is 14.3. The molecule has 0 aliphatic carbocycles. The number of nitrogens with two attached hydrogens (primary N) is 1. The van der Waals surface area contributed by atoms with Crippen molar-refractivity contribution in [2.75, 3.05) is 36.6 Å². The third kappa shape index (κ3) is 4.73. The van der Waals surface area contributed by atoms with Crippen molar-refractivity contribution in [1.29, 1.82) is 0 Å². The van der Waals surface area contributed by atoms with Gasteiger partial charge in [-0.3, -0.25) is 0 Å². The summed E-state index contributed by atoms with van der Waals surface area (Å²) >= 11 is 0. The summed E-state index contributed by atoms with van der Waals surface area (Å²) in [7, 11) is 1.62. The van der Waals surface area contributed by atoms with Crippen molar-refractivity contribution in [2.24, 2.45) is 0 Å². The van der Waals surface area contributed by atoms with Crippen molar-refractivity contribution >= 4 is 28.1 Å². The number of nitrogens with one attached hydrogen (secondary N) is 2. The topological polar surface area (TPSA) is 85.1 Å². The van der Waals surface area contributed by atoms with E-state index in [0.717, 1.165) is 11.8 Å². The van der Waals surface area contributed by atoms with Crippen molar-refractivity contribution in [3.05, 3.63) is 53.1 Å². The molecule has 1 heterocycles. The van der Waals surface area contributed by atoms with E-state index in [1.807, 2.05) is 18.2 Å². The summed E-state index contributed by atoms with van der Waals surface area (Å²) in [4.78, 5) is 8.86. The largest absolute Gasteiger partial charge is 0.399 e. The van der Waals surface area contributed by atoms with Gasteiger partial charge in [-0.05, 0) is 44.2 Å². The summed E-state index contributed by atoms with van der Waals surface area (Å²) in [5.74, 6) is 0.0237. The summed E-state index contributed by atoms with van der Waals surface area (Å²) in [5.41, 5.74) is 6.67. The second kappa shape index (κ2) is 9.17. The number of nitrogens with zero attached hydrogens (tertiary/aromatic N) is 2. The van der Waals surface area contributed by atoms with Crippen LogP contribution in [0.1, 0.15) is 36.3 Å². The number of fused-ring (bicyclic) bond motifs is 1. The third-order valence-corrected chi connectivity index (χ3v) is 4.65. The molecule has 0 bridgehead atoms. The molecule has 0 spiro atoms. The first-order valence-corrected chi connectivity index (χ1v) is 9.45. The molecule has 4 N–H and O–H groups in total. The first-order valence-electron chi connectivity index (χ1n) is 9.45. The molecule has 0 fully saturated rings. The molecule has 0 radical (unpaired) electrons. The maximum absolute atomic E-state index is 14.7. The molecule has 6 nitrogen and oxygen atoms in total. The minimum atomic E-state index is -2.96. The SMILES string of the molecule is COCCNc1ccc2nc(C)nc(N[C@H](C)c3cc(N)cc(C(F)F)c3F)c2c1. The van der Waals surface area contributed by atoms with Gasteiger partial charge in [0.05, 0.1) is 23.7 Å². The van der Waals surface area contributed by atoms with E-state index in [4.69, 9.17) is 10.5 Å². The summed E-state index contributed by atoms with van der Waals surface area (Å²) in [6.45, 7) is 4.58. The molecule has 0 unspecified atom stereocenters. The normalized spacial score (nSPS) is 12.4. The van der Waals surface area contributed by atoms with E-state index in [-0.39, 0.29) is 11.3 Å². The molecule has 2 aromatic carbocycles. The minimum Gasteiger partial charge on any atom is -0.399 e. The zero-order chi connectivity index (χ0) is 21.8. The molecule has 9 heteroatoms. The molecule has 1 aromatic heterocycles. The Labute approximate surface area is 172 Å². The molecule has 30 heavy (non-hydrogen) atoms. The maximum Gasteiger partial charge on any atom is 0.266 e. The van der Waals surface area contributed by atoms with E-state index < -0.39 is 23.8 Å². The van der Waals surface area contributed by atoms with Crippen LogP contribution in [0.3, 0.4) is 0 Å². The van der Waals surface area contributed by atoms with Crippen LogP contribution in [0.5, 0.6) is 0 Å². The van der Waals surface area contributed by atoms with Crippen molar-refractivity contribution in [1.82, 2.24) is 9.97 Å². The van der Waals surface area contributed by atoms with E-state index in [0.29, 0.717) is 35.7 Å². The molecule has 1 atom stereocenters. The summed E-state index contributed by atoms with van der Waals surface area (Å²) in [6, 6.07) is 7.27. The molecule has 160 valence electrons. The maximum atomic E-state index is 14.7. The molecule has 3 aromatic rings. The molecule has 0 amide bonds. The number of hydrogen-bond acceptors (Lipinski definition) is 6. The number of alkyl halides is 2. The van der Waals surface area contributed by atoms with E-state index >= 15 is 0 Å². The number of halogens is 3. The van der Waals surface area contributed by atoms with Crippen LogP contribution in [0.25, 0.3) is 10.9 Å². The lowest BCUT2D eigenvalue weighted by Gasteiger charge is -2.19. The predicted octanol–water partition coefficient (Wildman–Crippen LogP) is 4.83. The Morgan fingerprint density at radius 2 is 1.87 bits per heavy atom. The highest BCUT2D eigenvalue weighted by molar-refractivity contribution is 5.91. The zero-order valence-corrected chi connectivity index (χ0v) is 17.0. The Hall–Kier alpha value is -3.07. The van der Waals surface area contributed by atoms with Crippen LogP contribution >= 0.6 is 0 Å². The second-order valence-electron chi connectivity index (χ2n) is 6.95. The van der Waals surface area contributed by atoms with Gasteiger partial charge in [0.25, 0.3) is 6.43 Å². The monoisotopic (exact) mass is 419 g/mol. The smallest absolute Gasteiger partial charge is 0.266 e. The fourth-order valence-corrected chi connectivity index (χ4v) is 3.21. The van der Waals surface area contributed by atoms with E-state index in [1.54, 1.807) is 21.0 Å². The summed E-state index contributed by atoms with van der Waals surface area (Å²) in [5, 5.41) is 7.08. The van der Waals surface area contributed by atoms with Gasteiger partial charge in [0.1, 0.15) is 17.5 Å². The Balaban J connectivity index is 1.97. The Bertz CT molecular complexity index is 1040. The van der Waals surface area contributed by atoms with Crippen molar-refractivity contribution in [3.63, 3.8) is 0 Å². The molecule has 0 aliphatic heterocycles. The number of ether oxygens (including phenoxy) is 1. The van der Waals surface area contributed by atoms with Crippen LogP contribution in [-0.2, 0) is 4.74 Å². The number of methoxy groups -OCH3 is 1. The quantitative estimate of drug-likeness (QED) is 0.358. The van der Waals surface area contributed by atoms with Gasteiger partial charge in [0.2, 0.25) is 0 Å². The Morgan fingerprint density at radius 3 is 2.57 bits per heavy atom. The number of hydrogen-bond donors (Lipinski definition) is 3. The van der Waals surface area contributed by atoms with Gasteiger partial charge in [0.15, 0.2) is 0 Å². The summed E-state index contributed by atoms with van der Waals surface area (Å²) in [6.07, 6.45) is -2.96. The van der Waals surface area contributed by atoms with Crippen LogP contribution in [0.2, 0.25) is 0 Å². The second-order valence-corrected chi connectivity index (χ2v) is 6.95. The predicted molar refractivity (Wildman–Crippen MR) is 112 cm³/mol. The lowest BCUT2D eigenvalue weighted by Crippen LogP contribution is -2.13. The van der Waals surface area contributed by atoms with Gasteiger partial charge >= 0.3 is 0 Å². The van der Waals surface area contributed by atoms with Gasteiger partial charge in [0, 0.05) is 36.0 Å². The highest BCUT2D eigenvalue weighted by atomic mass is 19.3. The Kier molecular flexibility index (Phi) is 6.61. The lowest BCUT2D eigenvalue weighted by atomic mass is 10.0. The number of benzene rings is 2. The highest BCUT2D eigenvalue weighted by Crippen LogP contribution is 2.32. The van der Waals surface area contributed by atoms with Gasteiger partial charge in [-0.25, -0.2) is 23.1 Å². The van der Waals surface area contributed by atoms with Gasteiger partial charge < -0.3 is 21.1 Å². The van der Waals surface area contributed by atoms with Crippen molar-refractivity contribution in [2.45, 2.75) is 26.3 Å². The standard InChI is InChI=1S/C21H24F3N5O/c1-11(15-8-13(25)9-17(19(15)22)20(23)24)27-21-16-10-14(26-6-7-30-3)4-5-18(16)28-12(2)29-21/h4-5,8-11,20,26H,6-7,25H2,1-3H3,(H,27,28,29)/t11-/m1/s1. The van der Waals surface area contributed by atoms with Crippen LogP contribution in [0.4, 0.5) is 30.4 Å². The van der Waals surface area contributed by atoms with E-state index in [1.165, 1.54) is 6.07 Å². The van der Waals surface area contributed by atoms with Crippen molar-refractivity contribution in [3.8, 4) is 0 Å².